The number of amides is 2. The van der Waals surface area contributed by atoms with Gasteiger partial charge >= 0.3 is 5.97 Å². The zero-order valence-corrected chi connectivity index (χ0v) is 20.9. The van der Waals surface area contributed by atoms with Gasteiger partial charge in [-0.3, -0.25) is 9.59 Å². The van der Waals surface area contributed by atoms with Crippen molar-refractivity contribution in [3.8, 4) is 22.8 Å². The number of aromatic nitrogens is 4. The molecule has 4 rings (SSSR count). The van der Waals surface area contributed by atoms with E-state index >= 15 is 0 Å². The van der Waals surface area contributed by atoms with E-state index in [1.165, 1.54) is 13.3 Å². The number of nitrogens with one attached hydrogen (secondary N) is 3. The summed E-state index contributed by atoms with van der Waals surface area (Å²) in [6.07, 6.45) is 3.55. The first kappa shape index (κ1) is 25.1. The van der Waals surface area contributed by atoms with Crippen molar-refractivity contribution in [3.05, 3.63) is 42.0 Å². The van der Waals surface area contributed by atoms with Crippen molar-refractivity contribution in [1.29, 1.82) is 0 Å². The Labute approximate surface area is 208 Å². The monoisotopic (exact) mass is 494 g/mol. The van der Waals surface area contributed by atoms with Crippen molar-refractivity contribution in [2.45, 2.75) is 52.6 Å². The van der Waals surface area contributed by atoms with Crippen LogP contribution in [0.4, 0.5) is 0 Å². The Kier molecular flexibility index (Phi) is 6.91. The van der Waals surface area contributed by atoms with E-state index in [9.17, 15) is 14.4 Å². The molecule has 1 aromatic carbocycles. The van der Waals surface area contributed by atoms with Crippen LogP contribution >= 0.6 is 0 Å². The molecule has 2 unspecified atom stereocenters. The predicted molar refractivity (Wildman–Crippen MR) is 130 cm³/mol. The lowest BCUT2D eigenvalue weighted by Crippen LogP contribution is -2.49. The summed E-state index contributed by atoms with van der Waals surface area (Å²) >= 11 is 0. The molecule has 11 heteroatoms. The third kappa shape index (κ3) is 5.61. The van der Waals surface area contributed by atoms with Gasteiger partial charge in [-0.2, -0.15) is 0 Å². The number of oxazole rings is 1. The maximum absolute atomic E-state index is 12.7. The molecule has 3 N–H and O–H groups in total. The number of carbonyl (C=O) groups is 3. The second kappa shape index (κ2) is 9.92. The number of methoxy groups -OCH3 is 1. The Balaban J connectivity index is 1.48. The lowest BCUT2D eigenvalue weighted by molar-refractivity contribution is -0.145. The van der Waals surface area contributed by atoms with Gasteiger partial charge in [-0.1, -0.05) is 32.9 Å². The van der Waals surface area contributed by atoms with E-state index in [-0.39, 0.29) is 29.4 Å². The van der Waals surface area contributed by atoms with Gasteiger partial charge in [-0.15, -0.1) is 10.2 Å². The minimum atomic E-state index is -0.864. The highest BCUT2D eigenvalue weighted by Crippen LogP contribution is 2.32. The van der Waals surface area contributed by atoms with Crippen molar-refractivity contribution in [2.75, 3.05) is 7.11 Å². The second-order valence-electron chi connectivity index (χ2n) is 10.0. The summed E-state index contributed by atoms with van der Waals surface area (Å²) in [5.74, 6) is -0.186. The summed E-state index contributed by atoms with van der Waals surface area (Å²) in [5.41, 5.74) is 0.691. The topological polar surface area (TPSA) is 152 Å². The summed E-state index contributed by atoms with van der Waals surface area (Å²) < 4.78 is 10.5. The van der Waals surface area contributed by atoms with Crippen LogP contribution in [0.5, 0.6) is 0 Å². The van der Waals surface area contributed by atoms with Crippen LogP contribution in [0.15, 0.2) is 34.9 Å². The minimum Gasteiger partial charge on any atom is -0.467 e. The molecule has 2 aromatic heterocycles. The molecule has 0 bridgehead atoms. The molecule has 0 aliphatic heterocycles. The molecule has 2 atom stereocenters. The molecule has 36 heavy (non-hydrogen) atoms. The van der Waals surface area contributed by atoms with Crippen molar-refractivity contribution >= 4 is 17.8 Å². The lowest BCUT2D eigenvalue weighted by Gasteiger charge is -2.28. The number of hydrogen-bond donors (Lipinski definition) is 3. The van der Waals surface area contributed by atoms with Crippen LogP contribution in [0, 0.1) is 11.3 Å². The summed E-state index contributed by atoms with van der Waals surface area (Å²) in [6.45, 7) is 7.44. The van der Waals surface area contributed by atoms with Crippen molar-refractivity contribution in [2.24, 2.45) is 11.3 Å². The van der Waals surface area contributed by atoms with Gasteiger partial charge in [-0.05, 0) is 43.2 Å². The van der Waals surface area contributed by atoms with E-state index in [0.29, 0.717) is 22.9 Å². The second-order valence-corrected chi connectivity index (χ2v) is 10.0. The van der Waals surface area contributed by atoms with Crippen LogP contribution in [-0.2, 0) is 9.53 Å². The van der Waals surface area contributed by atoms with Crippen LogP contribution in [0.3, 0.4) is 0 Å². The molecular formula is C25H30N6O5. The van der Waals surface area contributed by atoms with E-state index < -0.39 is 23.3 Å². The molecule has 2 amide bonds. The molecule has 0 radical (unpaired) electrons. The highest BCUT2D eigenvalue weighted by atomic mass is 16.5. The summed E-state index contributed by atoms with van der Waals surface area (Å²) in [7, 11) is 1.27. The number of benzene rings is 1. The van der Waals surface area contributed by atoms with Crippen LogP contribution in [-0.4, -0.2) is 57.1 Å². The third-order valence-electron chi connectivity index (χ3n) is 6.08. The fourth-order valence-electron chi connectivity index (χ4n) is 3.74. The first-order chi connectivity index (χ1) is 17.1. The summed E-state index contributed by atoms with van der Waals surface area (Å²) in [4.78, 5) is 44.5. The maximum Gasteiger partial charge on any atom is 0.328 e. The van der Waals surface area contributed by atoms with Crippen LogP contribution < -0.4 is 10.6 Å². The van der Waals surface area contributed by atoms with E-state index in [0.717, 1.165) is 12.8 Å². The normalized spacial score (nSPS) is 15.1. The number of hydrogen-bond acceptors (Lipinski definition) is 8. The predicted octanol–water partition coefficient (Wildman–Crippen LogP) is 2.97. The standard InChI is InChI=1S/C25H30N6O5/c1-13(14-9-10-14)27-22(33)20-29-19(30-31-20)15-7-6-8-16(11-15)23-26-12-17(36-23)21(32)28-18(24(34)35-5)25(2,3)4/h6-8,11-14,18H,9-10H2,1-5H3,(H,27,33)(H,28,32)(H,29,30,31). The highest BCUT2D eigenvalue weighted by Gasteiger charge is 2.34. The molecule has 1 fully saturated rings. The third-order valence-corrected chi connectivity index (χ3v) is 6.08. The van der Waals surface area contributed by atoms with Gasteiger partial charge in [0.25, 0.3) is 11.8 Å². The molecule has 190 valence electrons. The number of rotatable bonds is 8. The Morgan fingerprint density at radius 1 is 1.11 bits per heavy atom. The van der Waals surface area contributed by atoms with Gasteiger partial charge in [-0.25, -0.2) is 9.78 Å². The van der Waals surface area contributed by atoms with Crippen LogP contribution in [0.25, 0.3) is 22.8 Å². The molecule has 2 heterocycles. The Morgan fingerprint density at radius 3 is 2.50 bits per heavy atom. The fourth-order valence-corrected chi connectivity index (χ4v) is 3.74. The molecule has 1 aliphatic rings. The highest BCUT2D eigenvalue weighted by molar-refractivity contribution is 5.95. The lowest BCUT2D eigenvalue weighted by atomic mass is 9.86. The molecule has 1 saturated carbocycles. The molecule has 11 nitrogen and oxygen atoms in total. The fraction of sp³-hybridized carbons (Fsp3) is 0.440. The average molecular weight is 495 g/mol. The van der Waals surface area contributed by atoms with Gasteiger partial charge < -0.3 is 24.8 Å². The van der Waals surface area contributed by atoms with Gasteiger partial charge in [0.15, 0.2) is 5.82 Å². The van der Waals surface area contributed by atoms with Gasteiger partial charge in [0.1, 0.15) is 6.04 Å². The minimum absolute atomic E-state index is 0.0445. The van der Waals surface area contributed by atoms with Crippen molar-refractivity contribution < 1.29 is 23.5 Å². The molecular weight excluding hydrogens is 464 g/mol. The van der Waals surface area contributed by atoms with E-state index in [2.05, 4.69) is 30.8 Å². The Morgan fingerprint density at radius 2 is 1.83 bits per heavy atom. The SMILES string of the molecule is COC(=O)C(NC(=O)c1cnc(-c2cccc(-c3nnc(C(=O)NC(C)C4CC4)[nH]3)c2)o1)C(C)(C)C. The Hall–Kier alpha value is -4.02. The number of nitrogens with zero attached hydrogens (tertiary/aromatic N) is 3. The average Bonchev–Trinajstić information content (AvgIpc) is 3.37. The summed E-state index contributed by atoms with van der Waals surface area (Å²) in [5, 5.41) is 13.7. The van der Waals surface area contributed by atoms with Gasteiger partial charge in [0.05, 0.1) is 13.3 Å². The first-order valence-electron chi connectivity index (χ1n) is 11.8. The smallest absolute Gasteiger partial charge is 0.328 e. The molecule has 3 aromatic rings. The maximum atomic E-state index is 12.7. The van der Waals surface area contributed by atoms with E-state index in [4.69, 9.17) is 9.15 Å². The zero-order chi connectivity index (χ0) is 26.0. The first-order valence-corrected chi connectivity index (χ1v) is 11.8. The van der Waals surface area contributed by atoms with Gasteiger partial charge in [0, 0.05) is 17.2 Å². The zero-order valence-electron chi connectivity index (χ0n) is 20.9. The van der Waals surface area contributed by atoms with Crippen molar-refractivity contribution in [1.82, 2.24) is 30.8 Å². The number of aromatic amines is 1. The largest absolute Gasteiger partial charge is 0.467 e. The van der Waals surface area contributed by atoms with E-state index in [1.54, 1.807) is 24.3 Å². The van der Waals surface area contributed by atoms with Gasteiger partial charge in [0.2, 0.25) is 17.5 Å². The van der Waals surface area contributed by atoms with Crippen LogP contribution in [0.1, 0.15) is 61.7 Å². The number of ether oxygens (including phenoxy) is 1. The number of carbonyl (C=O) groups excluding carboxylic acids is 3. The Bertz CT molecular complexity index is 1270. The molecule has 1 aliphatic carbocycles. The summed E-state index contributed by atoms with van der Waals surface area (Å²) in [6, 6.07) is 6.34. The molecule has 0 spiro atoms. The quantitative estimate of drug-likeness (QED) is 0.404. The molecule has 0 saturated heterocycles. The number of H-pyrrole nitrogens is 1. The number of esters is 1. The van der Waals surface area contributed by atoms with E-state index in [1.807, 2.05) is 27.7 Å². The van der Waals surface area contributed by atoms with Crippen molar-refractivity contribution in [3.63, 3.8) is 0 Å². The van der Waals surface area contributed by atoms with Crippen LogP contribution in [0.2, 0.25) is 0 Å².